The molecule has 112 valence electrons. The van der Waals surface area contributed by atoms with Gasteiger partial charge in [-0.1, -0.05) is 6.07 Å². The number of nitrogens with zero attached hydrogens (tertiary/aromatic N) is 1. The fraction of sp³-hybridized carbons (Fsp3) is 0.267. The summed E-state index contributed by atoms with van der Waals surface area (Å²) in [6.45, 7) is 5.16. The third kappa shape index (κ3) is 3.35. The highest BCUT2D eigenvalue weighted by Crippen LogP contribution is 2.24. The Morgan fingerprint density at radius 3 is 2.81 bits per heavy atom. The van der Waals surface area contributed by atoms with Crippen molar-refractivity contribution in [3.63, 3.8) is 0 Å². The number of carbonyl (C=O) groups excluding carboxylic acids is 1. The smallest absolute Gasteiger partial charge is 0.300 e. The van der Waals surface area contributed by atoms with Crippen molar-refractivity contribution in [2.24, 2.45) is 5.84 Å². The summed E-state index contributed by atoms with van der Waals surface area (Å²) in [4.78, 5) is 13.5. The number of anilines is 1. The lowest BCUT2D eigenvalue weighted by Crippen LogP contribution is -2.29. The monoisotopic (exact) mass is 289 g/mol. The lowest BCUT2D eigenvalue weighted by atomic mass is 10.2. The zero-order valence-corrected chi connectivity index (χ0v) is 12.1. The number of carbonyl (C=O) groups is 1. The topological polar surface area (TPSA) is 91.7 Å². The molecule has 0 saturated carbocycles. The van der Waals surface area contributed by atoms with Gasteiger partial charge in [-0.3, -0.25) is 10.2 Å². The predicted octanol–water partition coefficient (Wildman–Crippen LogP) is 1.92. The van der Waals surface area contributed by atoms with Gasteiger partial charge in [0.05, 0.1) is 0 Å². The van der Waals surface area contributed by atoms with E-state index in [2.05, 4.69) is 4.90 Å². The Morgan fingerprint density at radius 1 is 1.43 bits per heavy atom. The summed E-state index contributed by atoms with van der Waals surface area (Å²) in [5.74, 6) is 5.73. The molecule has 4 N–H and O–H groups in total. The number of phenols is 1. The maximum Gasteiger partial charge on any atom is 0.300 e. The normalized spacial score (nSPS) is 10.4. The van der Waals surface area contributed by atoms with Gasteiger partial charge in [-0.15, -0.1) is 0 Å². The van der Waals surface area contributed by atoms with Crippen LogP contribution in [0.4, 0.5) is 5.69 Å². The molecule has 1 aromatic heterocycles. The van der Waals surface area contributed by atoms with Crippen LogP contribution in [-0.4, -0.2) is 17.6 Å². The number of hydrogen-bond acceptors (Lipinski definition) is 5. The molecule has 0 radical (unpaired) electrons. The number of rotatable bonds is 5. The van der Waals surface area contributed by atoms with Gasteiger partial charge in [-0.25, -0.2) is 5.84 Å². The van der Waals surface area contributed by atoms with Crippen LogP contribution < -0.4 is 16.2 Å². The number of nitrogens with one attached hydrogen (secondary N) is 1. The molecule has 6 heteroatoms. The maximum absolute atomic E-state index is 11.5. The van der Waals surface area contributed by atoms with Crippen LogP contribution in [-0.2, 0) is 6.54 Å². The molecular formula is C15H19N3O3. The molecule has 0 aliphatic heterocycles. The molecule has 1 amide bonds. The fourth-order valence-corrected chi connectivity index (χ4v) is 2.14. The van der Waals surface area contributed by atoms with E-state index in [1.165, 1.54) is 0 Å². The molecule has 21 heavy (non-hydrogen) atoms. The van der Waals surface area contributed by atoms with Gasteiger partial charge < -0.3 is 14.4 Å². The standard InChI is InChI=1S/C15H19N3O3/c1-3-18(12-5-4-6-13(19)8-12)9-11-7-14(15(20)17-16)21-10(11)2/h4-8,19H,3,9,16H2,1-2H3,(H,17,20). The van der Waals surface area contributed by atoms with Crippen molar-refractivity contribution in [1.82, 2.24) is 5.43 Å². The summed E-state index contributed by atoms with van der Waals surface area (Å²) in [7, 11) is 0. The highest BCUT2D eigenvalue weighted by atomic mass is 16.4. The van der Waals surface area contributed by atoms with Crippen molar-refractivity contribution >= 4 is 11.6 Å². The molecule has 1 aromatic carbocycles. The average molecular weight is 289 g/mol. The Balaban J connectivity index is 2.23. The first-order valence-corrected chi connectivity index (χ1v) is 6.69. The molecule has 0 unspecified atom stereocenters. The summed E-state index contributed by atoms with van der Waals surface area (Å²) in [6, 6.07) is 8.73. The first kappa shape index (κ1) is 14.9. The van der Waals surface area contributed by atoms with E-state index in [1.54, 1.807) is 31.2 Å². The SMILES string of the molecule is CCN(Cc1cc(C(=O)NN)oc1C)c1cccc(O)c1. The number of amides is 1. The van der Waals surface area contributed by atoms with E-state index in [9.17, 15) is 9.90 Å². The van der Waals surface area contributed by atoms with E-state index in [0.717, 1.165) is 17.8 Å². The van der Waals surface area contributed by atoms with Crippen LogP contribution in [0.3, 0.4) is 0 Å². The number of benzene rings is 1. The zero-order chi connectivity index (χ0) is 15.4. The Hall–Kier alpha value is -2.47. The minimum absolute atomic E-state index is 0.192. The van der Waals surface area contributed by atoms with Crippen molar-refractivity contribution in [2.75, 3.05) is 11.4 Å². The molecule has 0 bridgehead atoms. The second kappa shape index (κ2) is 6.32. The molecule has 6 nitrogen and oxygen atoms in total. The highest BCUT2D eigenvalue weighted by Gasteiger charge is 2.15. The average Bonchev–Trinajstić information content (AvgIpc) is 2.85. The van der Waals surface area contributed by atoms with Gasteiger partial charge >= 0.3 is 5.91 Å². The number of aromatic hydroxyl groups is 1. The molecular weight excluding hydrogens is 270 g/mol. The van der Waals surface area contributed by atoms with Gasteiger partial charge in [0.25, 0.3) is 0 Å². The summed E-state index contributed by atoms with van der Waals surface area (Å²) in [5.41, 5.74) is 3.86. The van der Waals surface area contributed by atoms with E-state index in [1.807, 2.05) is 18.4 Å². The molecule has 0 fully saturated rings. The van der Waals surface area contributed by atoms with Gasteiger partial charge in [-0.2, -0.15) is 0 Å². The minimum atomic E-state index is -0.454. The highest BCUT2D eigenvalue weighted by molar-refractivity contribution is 5.91. The third-order valence-electron chi connectivity index (χ3n) is 3.31. The van der Waals surface area contributed by atoms with Crippen LogP contribution in [0.15, 0.2) is 34.7 Å². The molecule has 2 rings (SSSR count). The van der Waals surface area contributed by atoms with Crippen LogP contribution in [0, 0.1) is 6.92 Å². The zero-order valence-electron chi connectivity index (χ0n) is 12.1. The van der Waals surface area contributed by atoms with Gasteiger partial charge in [-0.05, 0) is 32.0 Å². The predicted molar refractivity (Wildman–Crippen MR) is 79.9 cm³/mol. The number of phenolic OH excluding ortho intramolecular Hbond substituents is 1. The van der Waals surface area contributed by atoms with Crippen molar-refractivity contribution in [2.45, 2.75) is 20.4 Å². The first-order valence-electron chi connectivity index (χ1n) is 6.69. The van der Waals surface area contributed by atoms with E-state index >= 15 is 0 Å². The van der Waals surface area contributed by atoms with Crippen molar-refractivity contribution in [3.05, 3.63) is 47.4 Å². The Bertz CT molecular complexity index is 637. The summed E-state index contributed by atoms with van der Waals surface area (Å²) in [6.07, 6.45) is 0. The van der Waals surface area contributed by atoms with Gasteiger partial charge in [0, 0.05) is 30.4 Å². The van der Waals surface area contributed by atoms with E-state index < -0.39 is 5.91 Å². The lowest BCUT2D eigenvalue weighted by molar-refractivity contribution is 0.0924. The van der Waals surface area contributed by atoms with E-state index in [4.69, 9.17) is 10.3 Å². The first-order chi connectivity index (χ1) is 10.0. The molecule has 0 aliphatic carbocycles. The lowest BCUT2D eigenvalue weighted by Gasteiger charge is -2.22. The van der Waals surface area contributed by atoms with Gasteiger partial charge in [0.15, 0.2) is 5.76 Å². The Kier molecular flexibility index (Phi) is 4.49. The fourth-order valence-electron chi connectivity index (χ4n) is 2.14. The number of hydrogen-bond donors (Lipinski definition) is 3. The number of nitrogen functional groups attached to an aromatic ring is 1. The summed E-state index contributed by atoms with van der Waals surface area (Å²) >= 11 is 0. The number of hydrazine groups is 1. The number of furan rings is 1. The molecule has 0 saturated heterocycles. The van der Waals surface area contributed by atoms with Gasteiger partial charge in [0.1, 0.15) is 11.5 Å². The van der Waals surface area contributed by atoms with Crippen LogP contribution in [0.25, 0.3) is 0 Å². The van der Waals surface area contributed by atoms with Crippen molar-refractivity contribution < 1.29 is 14.3 Å². The summed E-state index contributed by atoms with van der Waals surface area (Å²) in [5, 5.41) is 9.57. The van der Waals surface area contributed by atoms with E-state index in [0.29, 0.717) is 12.3 Å². The summed E-state index contributed by atoms with van der Waals surface area (Å²) < 4.78 is 5.40. The van der Waals surface area contributed by atoms with Gasteiger partial charge in [0.2, 0.25) is 0 Å². The molecule has 1 heterocycles. The van der Waals surface area contributed by atoms with Crippen LogP contribution >= 0.6 is 0 Å². The largest absolute Gasteiger partial charge is 0.508 e. The third-order valence-corrected chi connectivity index (χ3v) is 3.31. The maximum atomic E-state index is 11.5. The molecule has 2 aromatic rings. The second-order valence-corrected chi connectivity index (χ2v) is 4.70. The molecule has 0 atom stereocenters. The number of nitrogens with two attached hydrogens (primary N) is 1. The Labute approximate surface area is 123 Å². The van der Waals surface area contributed by atoms with Crippen LogP contribution in [0.1, 0.15) is 28.8 Å². The quantitative estimate of drug-likeness (QED) is 0.444. The molecule has 0 spiro atoms. The Morgan fingerprint density at radius 2 is 2.19 bits per heavy atom. The molecule has 0 aliphatic rings. The van der Waals surface area contributed by atoms with E-state index in [-0.39, 0.29) is 11.5 Å². The van der Waals surface area contributed by atoms with Crippen LogP contribution in [0.5, 0.6) is 5.75 Å². The number of aryl methyl sites for hydroxylation is 1. The van der Waals surface area contributed by atoms with Crippen LogP contribution in [0.2, 0.25) is 0 Å². The minimum Gasteiger partial charge on any atom is -0.508 e. The van der Waals surface area contributed by atoms with Crippen molar-refractivity contribution in [1.29, 1.82) is 0 Å². The second-order valence-electron chi connectivity index (χ2n) is 4.70. The van der Waals surface area contributed by atoms with Crippen molar-refractivity contribution in [3.8, 4) is 5.75 Å².